The molecule has 2 aromatic rings. The SMILES string of the molecule is Cn1cnnc1CNc1ncc(Cl)cc1N. The minimum Gasteiger partial charge on any atom is -0.396 e. The maximum absolute atomic E-state index is 5.75. The van der Waals surface area contributed by atoms with E-state index in [1.165, 1.54) is 6.20 Å². The summed E-state index contributed by atoms with van der Waals surface area (Å²) in [7, 11) is 1.87. The number of anilines is 2. The normalized spacial score (nSPS) is 10.4. The molecular weight excluding hydrogens is 228 g/mol. The van der Waals surface area contributed by atoms with Gasteiger partial charge in [-0.25, -0.2) is 4.98 Å². The lowest BCUT2D eigenvalue weighted by Crippen LogP contribution is -2.08. The molecule has 0 atom stereocenters. The van der Waals surface area contributed by atoms with Crippen LogP contribution in [0.1, 0.15) is 5.82 Å². The van der Waals surface area contributed by atoms with E-state index in [0.29, 0.717) is 23.1 Å². The van der Waals surface area contributed by atoms with Crippen LogP contribution in [0.4, 0.5) is 11.5 Å². The van der Waals surface area contributed by atoms with Crippen LogP contribution in [0.15, 0.2) is 18.6 Å². The first-order valence-electron chi connectivity index (χ1n) is 4.64. The van der Waals surface area contributed by atoms with Gasteiger partial charge in [0.05, 0.1) is 17.3 Å². The summed E-state index contributed by atoms with van der Waals surface area (Å²) in [5.74, 6) is 1.39. The second-order valence-electron chi connectivity index (χ2n) is 3.30. The van der Waals surface area contributed by atoms with E-state index in [2.05, 4.69) is 20.5 Å². The summed E-state index contributed by atoms with van der Waals surface area (Å²) >= 11 is 5.75. The molecule has 0 fully saturated rings. The molecule has 0 bridgehead atoms. The molecule has 2 heterocycles. The fraction of sp³-hybridized carbons (Fsp3) is 0.222. The molecule has 7 heteroatoms. The molecule has 0 spiro atoms. The Hall–Kier alpha value is -1.82. The molecule has 0 aliphatic carbocycles. The number of aryl methyl sites for hydroxylation is 1. The Bertz CT molecular complexity index is 494. The summed E-state index contributed by atoms with van der Waals surface area (Å²) in [6.45, 7) is 0.509. The van der Waals surface area contributed by atoms with E-state index in [0.717, 1.165) is 5.82 Å². The number of halogens is 1. The molecule has 0 saturated heterocycles. The lowest BCUT2D eigenvalue weighted by Gasteiger charge is -2.07. The Morgan fingerprint density at radius 2 is 2.38 bits per heavy atom. The van der Waals surface area contributed by atoms with Gasteiger partial charge < -0.3 is 15.6 Å². The summed E-state index contributed by atoms with van der Waals surface area (Å²) in [5.41, 5.74) is 6.26. The minimum absolute atomic E-state index is 0.509. The number of hydrogen-bond acceptors (Lipinski definition) is 5. The standard InChI is InChI=1S/C9H11ClN6/c1-16-5-14-15-8(16)4-13-9-7(11)2-6(10)3-12-9/h2-3,5H,4,11H2,1H3,(H,12,13). The molecule has 0 aliphatic rings. The van der Waals surface area contributed by atoms with Gasteiger partial charge in [0.1, 0.15) is 12.1 Å². The highest BCUT2D eigenvalue weighted by molar-refractivity contribution is 6.30. The molecule has 3 N–H and O–H groups in total. The predicted molar refractivity (Wildman–Crippen MR) is 62.0 cm³/mol. The van der Waals surface area contributed by atoms with Crippen molar-refractivity contribution in [3.8, 4) is 0 Å². The molecular formula is C9H11ClN6. The molecule has 0 aromatic carbocycles. The Labute approximate surface area is 97.5 Å². The van der Waals surface area contributed by atoms with E-state index in [1.807, 2.05) is 11.6 Å². The zero-order valence-corrected chi connectivity index (χ0v) is 9.44. The monoisotopic (exact) mass is 238 g/mol. The lowest BCUT2D eigenvalue weighted by atomic mass is 10.4. The molecule has 0 saturated carbocycles. The van der Waals surface area contributed by atoms with E-state index >= 15 is 0 Å². The maximum Gasteiger partial charge on any atom is 0.151 e. The van der Waals surface area contributed by atoms with Crippen molar-refractivity contribution in [3.63, 3.8) is 0 Å². The second kappa shape index (κ2) is 4.36. The number of nitrogens with zero attached hydrogens (tertiary/aromatic N) is 4. The molecule has 0 aliphatic heterocycles. The summed E-state index contributed by atoms with van der Waals surface area (Å²) in [4.78, 5) is 4.08. The largest absolute Gasteiger partial charge is 0.396 e. The molecule has 0 unspecified atom stereocenters. The van der Waals surface area contributed by atoms with Crippen LogP contribution in [0.2, 0.25) is 5.02 Å². The van der Waals surface area contributed by atoms with Crippen molar-refractivity contribution >= 4 is 23.1 Å². The average Bonchev–Trinajstić information content (AvgIpc) is 2.63. The van der Waals surface area contributed by atoms with E-state index in [4.69, 9.17) is 17.3 Å². The van der Waals surface area contributed by atoms with Gasteiger partial charge in [0, 0.05) is 13.2 Å². The number of nitrogens with two attached hydrogens (primary N) is 1. The van der Waals surface area contributed by atoms with Gasteiger partial charge in [-0.3, -0.25) is 0 Å². The molecule has 0 amide bonds. The zero-order chi connectivity index (χ0) is 11.5. The maximum atomic E-state index is 5.75. The lowest BCUT2D eigenvalue weighted by molar-refractivity contribution is 0.810. The summed E-state index contributed by atoms with van der Waals surface area (Å²) in [6, 6.07) is 1.65. The number of hydrogen-bond donors (Lipinski definition) is 2. The summed E-state index contributed by atoms with van der Waals surface area (Å²) < 4.78 is 1.82. The highest BCUT2D eigenvalue weighted by atomic mass is 35.5. The van der Waals surface area contributed by atoms with Gasteiger partial charge in [0.15, 0.2) is 5.82 Å². The molecule has 2 rings (SSSR count). The molecule has 16 heavy (non-hydrogen) atoms. The van der Waals surface area contributed by atoms with Gasteiger partial charge in [-0.2, -0.15) is 0 Å². The Balaban J connectivity index is 2.08. The highest BCUT2D eigenvalue weighted by Crippen LogP contribution is 2.19. The van der Waals surface area contributed by atoms with E-state index < -0.39 is 0 Å². The smallest absolute Gasteiger partial charge is 0.151 e. The highest BCUT2D eigenvalue weighted by Gasteiger charge is 2.04. The summed E-state index contributed by atoms with van der Waals surface area (Å²) in [5, 5.41) is 11.3. The van der Waals surface area contributed by atoms with Crippen molar-refractivity contribution in [2.24, 2.45) is 7.05 Å². The van der Waals surface area contributed by atoms with Crippen LogP contribution in [-0.2, 0) is 13.6 Å². The Morgan fingerprint density at radius 3 is 3.00 bits per heavy atom. The van der Waals surface area contributed by atoms with Crippen LogP contribution in [0.3, 0.4) is 0 Å². The number of nitrogens with one attached hydrogen (secondary N) is 1. The number of pyridine rings is 1. The van der Waals surface area contributed by atoms with Crippen molar-refractivity contribution in [3.05, 3.63) is 29.4 Å². The number of nitrogen functional groups attached to an aromatic ring is 1. The fourth-order valence-corrected chi connectivity index (χ4v) is 1.40. The first-order chi connectivity index (χ1) is 7.66. The van der Waals surface area contributed by atoms with Gasteiger partial charge >= 0.3 is 0 Å². The van der Waals surface area contributed by atoms with Crippen LogP contribution in [-0.4, -0.2) is 19.7 Å². The van der Waals surface area contributed by atoms with Gasteiger partial charge in [-0.1, -0.05) is 11.6 Å². The van der Waals surface area contributed by atoms with Crippen LogP contribution in [0.5, 0.6) is 0 Å². The Kier molecular flexibility index (Phi) is 2.91. The molecule has 6 nitrogen and oxygen atoms in total. The van der Waals surface area contributed by atoms with Crippen molar-refractivity contribution < 1.29 is 0 Å². The van der Waals surface area contributed by atoms with Crippen LogP contribution in [0, 0.1) is 0 Å². The third-order valence-corrected chi connectivity index (χ3v) is 2.31. The molecule has 2 aromatic heterocycles. The number of aromatic nitrogens is 4. The van der Waals surface area contributed by atoms with Crippen LogP contribution < -0.4 is 11.1 Å². The van der Waals surface area contributed by atoms with Crippen LogP contribution in [0.25, 0.3) is 0 Å². The van der Waals surface area contributed by atoms with Crippen molar-refractivity contribution in [1.82, 2.24) is 19.7 Å². The minimum atomic E-state index is 0.509. The van der Waals surface area contributed by atoms with E-state index in [-0.39, 0.29) is 0 Å². The van der Waals surface area contributed by atoms with Crippen molar-refractivity contribution in [2.45, 2.75) is 6.54 Å². The predicted octanol–water partition coefficient (Wildman–Crippen LogP) is 1.06. The van der Waals surface area contributed by atoms with Crippen LogP contribution >= 0.6 is 11.6 Å². The van der Waals surface area contributed by atoms with Crippen molar-refractivity contribution in [1.29, 1.82) is 0 Å². The third kappa shape index (κ3) is 2.22. The van der Waals surface area contributed by atoms with Gasteiger partial charge in [-0.05, 0) is 6.07 Å². The van der Waals surface area contributed by atoms with Gasteiger partial charge in [0.2, 0.25) is 0 Å². The first-order valence-corrected chi connectivity index (χ1v) is 5.02. The van der Waals surface area contributed by atoms with E-state index in [1.54, 1.807) is 12.4 Å². The number of rotatable bonds is 3. The van der Waals surface area contributed by atoms with Gasteiger partial charge in [-0.15, -0.1) is 10.2 Å². The summed E-state index contributed by atoms with van der Waals surface area (Å²) in [6.07, 6.45) is 3.17. The molecule has 0 radical (unpaired) electrons. The quantitative estimate of drug-likeness (QED) is 0.836. The first kappa shape index (κ1) is 10.7. The average molecular weight is 239 g/mol. The second-order valence-corrected chi connectivity index (χ2v) is 3.74. The van der Waals surface area contributed by atoms with Gasteiger partial charge in [0.25, 0.3) is 0 Å². The van der Waals surface area contributed by atoms with E-state index in [9.17, 15) is 0 Å². The fourth-order valence-electron chi connectivity index (χ4n) is 1.23. The zero-order valence-electron chi connectivity index (χ0n) is 8.68. The topological polar surface area (TPSA) is 81.7 Å². The molecule has 84 valence electrons. The third-order valence-electron chi connectivity index (χ3n) is 2.10. The Morgan fingerprint density at radius 1 is 1.56 bits per heavy atom. The van der Waals surface area contributed by atoms with Crippen molar-refractivity contribution in [2.75, 3.05) is 11.1 Å².